The Morgan fingerprint density at radius 2 is 1.78 bits per heavy atom. The minimum Gasteiger partial charge on any atom is -0.354 e. The third kappa shape index (κ3) is 3.83. The molecule has 4 nitrogen and oxygen atoms in total. The SMILES string of the molecule is CCNc1nc(Nc2cccc(F)c2)cc(-c2ccccc2)n1. The molecule has 0 aliphatic rings. The van der Waals surface area contributed by atoms with Crippen LogP contribution in [0.5, 0.6) is 0 Å². The maximum absolute atomic E-state index is 13.3. The van der Waals surface area contributed by atoms with Gasteiger partial charge in [-0.3, -0.25) is 0 Å². The van der Waals surface area contributed by atoms with E-state index in [1.807, 2.05) is 43.3 Å². The van der Waals surface area contributed by atoms with Gasteiger partial charge >= 0.3 is 0 Å². The van der Waals surface area contributed by atoms with E-state index in [0.29, 0.717) is 17.5 Å². The van der Waals surface area contributed by atoms with Gasteiger partial charge in [-0.2, -0.15) is 4.98 Å². The molecule has 0 saturated carbocycles. The lowest BCUT2D eigenvalue weighted by Crippen LogP contribution is -2.05. The Bertz CT molecular complexity index is 790. The van der Waals surface area contributed by atoms with Crippen LogP contribution < -0.4 is 10.6 Å². The normalized spacial score (nSPS) is 10.3. The first kappa shape index (κ1) is 15.0. The monoisotopic (exact) mass is 308 g/mol. The number of anilines is 3. The molecule has 0 bridgehead atoms. The van der Waals surface area contributed by atoms with Gasteiger partial charge in [0.15, 0.2) is 0 Å². The molecule has 3 aromatic rings. The van der Waals surface area contributed by atoms with Crippen molar-refractivity contribution in [2.45, 2.75) is 6.92 Å². The number of nitrogens with one attached hydrogen (secondary N) is 2. The zero-order chi connectivity index (χ0) is 16.1. The molecule has 2 N–H and O–H groups in total. The third-order valence-electron chi connectivity index (χ3n) is 3.23. The molecule has 0 amide bonds. The van der Waals surface area contributed by atoms with Gasteiger partial charge in [-0.1, -0.05) is 36.4 Å². The number of aromatic nitrogens is 2. The van der Waals surface area contributed by atoms with Gasteiger partial charge in [0.1, 0.15) is 11.6 Å². The van der Waals surface area contributed by atoms with Gasteiger partial charge < -0.3 is 10.6 Å². The summed E-state index contributed by atoms with van der Waals surface area (Å²) >= 11 is 0. The Hall–Kier alpha value is -2.95. The minimum absolute atomic E-state index is 0.292. The van der Waals surface area contributed by atoms with E-state index in [9.17, 15) is 4.39 Å². The van der Waals surface area contributed by atoms with Gasteiger partial charge in [-0.25, -0.2) is 9.37 Å². The average molecular weight is 308 g/mol. The molecular weight excluding hydrogens is 291 g/mol. The molecule has 116 valence electrons. The Kier molecular flexibility index (Phi) is 4.47. The highest BCUT2D eigenvalue weighted by molar-refractivity contribution is 5.67. The molecule has 0 spiro atoms. The van der Waals surface area contributed by atoms with Crippen LogP contribution in [0.4, 0.5) is 21.8 Å². The summed E-state index contributed by atoms with van der Waals surface area (Å²) in [6.45, 7) is 2.70. The minimum atomic E-state index is -0.292. The van der Waals surface area contributed by atoms with Crippen LogP contribution in [0.1, 0.15) is 6.92 Å². The molecule has 0 aliphatic heterocycles. The summed E-state index contributed by atoms with van der Waals surface area (Å²) in [7, 11) is 0. The largest absolute Gasteiger partial charge is 0.354 e. The summed E-state index contributed by atoms with van der Waals surface area (Å²) < 4.78 is 13.3. The van der Waals surface area contributed by atoms with Crippen molar-refractivity contribution in [3.8, 4) is 11.3 Å². The van der Waals surface area contributed by atoms with Crippen molar-refractivity contribution in [3.63, 3.8) is 0 Å². The zero-order valence-corrected chi connectivity index (χ0v) is 12.8. The second kappa shape index (κ2) is 6.87. The van der Waals surface area contributed by atoms with E-state index in [1.54, 1.807) is 12.1 Å². The lowest BCUT2D eigenvalue weighted by atomic mass is 10.1. The number of benzene rings is 2. The summed E-state index contributed by atoms with van der Waals surface area (Å²) in [6.07, 6.45) is 0. The quantitative estimate of drug-likeness (QED) is 0.730. The molecule has 0 radical (unpaired) electrons. The molecule has 1 heterocycles. The fourth-order valence-electron chi connectivity index (χ4n) is 2.22. The summed E-state index contributed by atoms with van der Waals surface area (Å²) in [4.78, 5) is 8.93. The first-order chi connectivity index (χ1) is 11.2. The van der Waals surface area contributed by atoms with Gasteiger partial charge in [0.2, 0.25) is 5.95 Å². The van der Waals surface area contributed by atoms with E-state index in [2.05, 4.69) is 20.6 Å². The summed E-state index contributed by atoms with van der Waals surface area (Å²) in [5, 5.41) is 6.24. The maximum Gasteiger partial charge on any atom is 0.225 e. The van der Waals surface area contributed by atoms with Crippen LogP contribution in [0, 0.1) is 5.82 Å². The van der Waals surface area contributed by atoms with Crippen molar-refractivity contribution >= 4 is 17.5 Å². The van der Waals surface area contributed by atoms with Gasteiger partial charge in [-0.05, 0) is 25.1 Å². The molecule has 0 unspecified atom stereocenters. The summed E-state index contributed by atoms with van der Waals surface area (Å²) in [5.41, 5.74) is 2.44. The molecule has 3 rings (SSSR count). The van der Waals surface area contributed by atoms with Crippen LogP contribution in [0.2, 0.25) is 0 Å². The van der Waals surface area contributed by atoms with Crippen LogP contribution in [-0.2, 0) is 0 Å². The van der Waals surface area contributed by atoms with Gasteiger partial charge in [0.05, 0.1) is 5.69 Å². The van der Waals surface area contributed by atoms with Gasteiger partial charge in [0, 0.05) is 23.9 Å². The lowest BCUT2D eigenvalue weighted by Gasteiger charge is -2.11. The van der Waals surface area contributed by atoms with Crippen molar-refractivity contribution in [1.82, 2.24) is 9.97 Å². The Labute approximate surface area is 134 Å². The molecule has 5 heteroatoms. The van der Waals surface area contributed by atoms with E-state index in [-0.39, 0.29) is 5.82 Å². The van der Waals surface area contributed by atoms with E-state index >= 15 is 0 Å². The molecular formula is C18H17FN4. The Balaban J connectivity index is 1.97. The number of rotatable bonds is 5. The van der Waals surface area contributed by atoms with Gasteiger partial charge in [0.25, 0.3) is 0 Å². The van der Waals surface area contributed by atoms with Crippen LogP contribution >= 0.6 is 0 Å². The number of nitrogens with zero attached hydrogens (tertiary/aromatic N) is 2. The number of hydrogen-bond donors (Lipinski definition) is 2. The topological polar surface area (TPSA) is 49.8 Å². The van der Waals surface area contributed by atoms with E-state index in [1.165, 1.54) is 12.1 Å². The third-order valence-corrected chi connectivity index (χ3v) is 3.23. The second-order valence-corrected chi connectivity index (χ2v) is 4.99. The Morgan fingerprint density at radius 3 is 2.52 bits per heavy atom. The first-order valence-corrected chi connectivity index (χ1v) is 7.45. The van der Waals surface area contributed by atoms with Crippen LogP contribution in [0.3, 0.4) is 0 Å². The number of halogens is 1. The van der Waals surface area contributed by atoms with Crippen molar-refractivity contribution < 1.29 is 4.39 Å². The highest BCUT2D eigenvalue weighted by Crippen LogP contribution is 2.23. The zero-order valence-electron chi connectivity index (χ0n) is 12.8. The summed E-state index contributed by atoms with van der Waals surface area (Å²) in [5.74, 6) is 0.854. The fraction of sp³-hybridized carbons (Fsp3) is 0.111. The van der Waals surface area contributed by atoms with Crippen LogP contribution in [0.15, 0.2) is 60.7 Å². The van der Waals surface area contributed by atoms with E-state index in [0.717, 1.165) is 17.8 Å². The average Bonchev–Trinajstić information content (AvgIpc) is 2.56. The van der Waals surface area contributed by atoms with Crippen molar-refractivity contribution in [2.75, 3.05) is 17.2 Å². The standard InChI is InChI=1S/C18H17FN4/c1-2-20-18-22-16(13-7-4-3-5-8-13)12-17(23-18)21-15-10-6-9-14(19)11-15/h3-12H,2H2,1H3,(H2,20,21,22,23). The lowest BCUT2D eigenvalue weighted by molar-refractivity contribution is 0.628. The maximum atomic E-state index is 13.3. The van der Waals surface area contributed by atoms with Gasteiger partial charge in [-0.15, -0.1) is 0 Å². The van der Waals surface area contributed by atoms with E-state index in [4.69, 9.17) is 0 Å². The second-order valence-electron chi connectivity index (χ2n) is 4.99. The fourth-order valence-corrected chi connectivity index (χ4v) is 2.22. The van der Waals surface area contributed by atoms with Crippen molar-refractivity contribution in [2.24, 2.45) is 0 Å². The smallest absolute Gasteiger partial charge is 0.225 e. The van der Waals surface area contributed by atoms with Crippen LogP contribution in [-0.4, -0.2) is 16.5 Å². The molecule has 0 saturated heterocycles. The molecule has 23 heavy (non-hydrogen) atoms. The Morgan fingerprint density at radius 1 is 0.957 bits per heavy atom. The van der Waals surface area contributed by atoms with Crippen LogP contribution in [0.25, 0.3) is 11.3 Å². The number of hydrogen-bond acceptors (Lipinski definition) is 4. The van der Waals surface area contributed by atoms with Crippen molar-refractivity contribution in [1.29, 1.82) is 0 Å². The molecule has 0 fully saturated rings. The molecule has 0 atom stereocenters. The highest BCUT2D eigenvalue weighted by atomic mass is 19.1. The predicted molar refractivity (Wildman–Crippen MR) is 91.3 cm³/mol. The molecule has 2 aromatic carbocycles. The summed E-state index contributed by atoms with van der Waals surface area (Å²) in [6, 6.07) is 18.0. The highest BCUT2D eigenvalue weighted by Gasteiger charge is 2.07. The first-order valence-electron chi connectivity index (χ1n) is 7.45. The van der Waals surface area contributed by atoms with E-state index < -0.39 is 0 Å². The van der Waals surface area contributed by atoms with Crippen molar-refractivity contribution in [3.05, 3.63) is 66.5 Å². The molecule has 1 aromatic heterocycles. The predicted octanol–water partition coefficient (Wildman–Crippen LogP) is 4.46. The molecule has 0 aliphatic carbocycles.